The van der Waals surface area contributed by atoms with E-state index in [0.29, 0.717) is 6.04 Å². The van der Waals surface area contributed by atoms with Gasteiger partial charge < -0.3 is 5.73 Å². The van der Waals surface area contributed by atoms with Crippen molar-refractivity contribution in [3.8, 4) is 0 Å². The molecule has 2 rings (SSSR count). The quantitative estimate of drug-likeness (QED) is 0.926. The van der Waals surface area contributed by atoms with Gasteiger partial charge in [-0.3, -0.25) is 9.58 Å². The zero-order valence-electron chi connectivity index (χ0n) is 11.3. The number of aromatic nitrogens is 2. The monoisotopic (exact) mass is 314 g/mol. The second-order valence-corrected chi connectivity index (χ2v) is 5.81. The molecule has 0 bridgehead atoms. The van der Waals surface area contributed by atoms with Crippen LogP contribution < -0.4 is 5.73 Å². The highest BCUT2D eigenvalue weighted by molar-refractivity contribution is 9.10. The first-order chi connectivity index (χ1) is 8.65. The molecule has 1 aliphatic rings. The lowest BCUT2D eigenvalue weighted by Crippen LogP contribution is -2.42. The van der Waals surface area contributed by atoms with Crippen LogP contribution in [0, 0.1) is 0 Å². The number of hydrogen-bond donors (Lipinski definition) is 1. The van der Waals surface area contributed by atoms with Crippen LogP contribution in [0.4, 0.5) is 0 Å². The second-order valence-electron chi connectivity index (χ2n) is 5.01. The smallest absolute Gasteiger partial charge is 0.0767 e. The molecular formula is C13H23BrN4. The third-order valence-electron chi connectivity index (χ3n) is 3.61. The first kappa shape index (κ1) is 14.0. The fraction of sp³-hybridized carbons (Fsp3) is 0.769. The molecule has 1 atom stereocenters. The third-order valence-corrected chi connectivity index (χ3v) is 4.52. The summed E-state index contributed by atoms with van der Waals surface area (Å²) in [5, 5.41) is 4.64. The van der Waals surface area contributed by atoms with Gasteiger partial charge in [-0.15, -0.1) is 0 Å². The van der Waals surface area contributed by atoms with E-state index in [4.69, 9.17) is 5.73 Å². The molecule has 18 heavy (non-hydrogen) atoms. The Morgan fingerprint density at radius 3 is 2.83 bits per heavy atom. The molecular weight excluding hydrogens is 292 g/mol. The SMILES string of the molecule is CCc1nn(CC)c(CN2CCCC(N)C2)c1Br. The summed E-state index contributed by atoms with van der Waals surface area (Å²) in [6.07, 6.45) is 3.34. The Bertz CT molecular complexity index is 402. The predicted molar refractivity (Wildman–Crippen MR) is 77.5 cm³/mol. The summed E-state index contributed by atoms with van der Waals surface area (Å²) in [6.45, 7) is 8.32. The van der Waals surface area contributed by atoms with E-state index >= 15 is 0 Å². The van der Waals surface area contributed by atoms with Crippen molar-refractivity contribution in [1.29, 1.82) is 0 Å². The minimum Gasteiger partial charge on any atom is -0.327 e. The maximum atomic E-state index is 6.04. The number of likely N-dealkylation sites (tertiary alicyclic amines) is 1. The average Bonchev–Trinajstić information content (AvgIpc) is 2.66. The van der Waals surface area contributed by atoms with E-state index < -0.39 is 0 Å². The van der Waals surface area contributed by atoms with Gasteiger partial charge in [-0.1, -0.05) is 6.92 Å². The van der Waals surface area contributed by atoms with Crippen molar-refractivity contribution in [3.63, 3.8) is 0 Å². The first-order valence-electron chi connectivity index (χ1n) is 6.87. The van der Waals surface area contributed by atoms with E-state index in [2.05, 4.69) is 44.5 Å². The summed E-state index contributed by atoms with van der Waals surface area (Å²) in [7, 11) is 0. The molecule has 1 fully saturated rings. The van der Waals surface area contributed by atoms with Gasteiger partial charge in [-0.25, -0.2) is 0 Å². The van der Waals surface area contributed by atoms with Crippen LogP contribution in [0.3, 0.4) is 0 Å². The van der Waals surface area contributed by atoms with Crippen molar-refractivity contribution in [2.24, 2.45) is 5.73 Å². The summed E-state index contributed by atoms with van der Waals surface area (Å²) in [4.78, 5) is 2.45. The summed E-state index contributed by atoms with van der Waals surface area (Å²) in [5.41, 5.74) is 8.50. The minimum absolute atomic E-state index is 0.334. The molecule has 5 heteroatoms. The van der Waals surface area contributed by atoms with Gasteiger partial charge in [0.15, 0.2) is 0 Å². The van der Waals surface area contributed by atoms with Gasteiger partial charge >= 0.3 is 0 Å². The molecule has 0 aliphatic carbocycles. The Kier molecular flexibility index (Phi) is 4.81. The molecule has 1 aromatic rings. The Labute approximate surface area is 118 Å². The van der Waals surface area contributed by atoms with E-state index in [1.165, 1.54) is 16.6 Å². The molecule has 1 aromatic heterocycles. The van der Waals surface area contributed by atoms with Crippen molar-refractivity contribution in [2.45, 2.75) is 52.2 Å². The van der Waals surface area contributed by atoms with Crippen molar-refractivity contribution in [3.05, 3.63) is 15.9 Å². The van der Waals surface area contributed by atoms with Gasteiger partial charge in [0.1, 0.15) is 0 Å². The van der Waals surface area contributed by atoms with Crippen molar-refractivity contribution >= 4 is 15.9 Å². The van der Waals surface area contributed by atoms with Crippen LogP contribution in [0.1, 0.15) is 38.1 Å². The molecule has 0 radical (unpaired) electrons. The molecule has 1 aliphatic heterocycles. The Balaban J connectivity index is 2.14. The van der Waals surface area contributed by atoms with Crippen LogP contribution in [-0.4, -0.2) is 33.8 Å². The molecule has 1 saturated heterocycles. The maximum absolute atomic E-state index is 6.04. The van der Waals surface area contributed by atoms with E-state index in [9.17, 15) is 0 Å². The molecule has 0 amide bonds. The molecule has 2 N–H and O–H groups in total. The maximum Gasteiger partial charge on any atom is 0.0767 e. The molecule has 2 heterocycles. The zero-order valence-corrected chi connectivity index (χ0v) is 12.9. The van der Waals surface area contributed by atoms with Crippen molar-refractivity contribution in [1.82, 2.24) is 14.7 Å². The van der Waals surface area contributed by atoms with Crippen LogP contribution >= 0.6 is 15.9 Å². The van der Waals surface area contributed by atoms with Crippen molar-refractivity contribution in [2.75, 3.05) is 13.1 Å². The van der Waals surface area contributed by atoms with Gasteiger partial charge in [-0.2, -0.15) is 5.10 Å². The van der Waals surface area contributed by atoms with Gasteiger partial charge in [-0.05, 0) is 48.7 Å². The average molecular weight is 315 g/mol. The number of aryl methyl sites for hydroxylation is 2. The standard InChI is InChI=1S/C13H23BrN4/c1-3-11-13(14)12(18(4-2)16-11)9-17-7-5-6-10(15)8-17/h10H,3-9,15H2,1-2H3. The number of nitrogens with two attached hydrogens (primary N) is 1. The number of hydrogen-bond acceptors (Lipinski definition) is 3. The third kappa shape index (κ3) is 2.95. The molecule has 0 saturated carbocycles. The lowest BCUT2D eigenvalue weighted by Gasteiger charge is -2.30. The van der Waals surface area contributed by atoms with Crippen molar-refractivity contribution < 1.29 is 0 Å². The van der Waals surface area contributed by atoms with E-state index in [0.717, 1.165) is 44.7 Å². The van der Waals surface area contributed by atoms with Crippen LogP contribution in [0.2, 0.25) is 0 Å². The second kappa shape index (κ2) is 6.17. The highest BCUT2D eigenvalue weighted by Gasteiger charge is 2.21. The topological polar surface area (TPSA) is 47.1 Å². The summed E-state index contributed by atoms with van der Waals surface area (Å²) in [5.74, 6) is 0. The lowest BCUT2D eigenvalue weighted by molar-refractivity contribution is 0.196. The zero-order chi connectivity index (χ0) is 13.1. The van der Waals surface area contributed by atoms with Gasteiger partial charge in [0, 0.05) is 25.7 Å². The highest BCUT2D eigenvalue weighted by atomic mass is 79.9. The Hall–Kier alpha value is -0.390. The Morgan fingerprint density at radius 1 is 1.44 bits per heavy atom. The summed E-state index contributed by atoms with van der Waals surface area (Å²) >= 11 is 3.70. The molecule has 1 unspecified atom stereocenters. The fourth-order valence-corrected chi connectivity index (χ4v) is 3.30. The van der Waals surface area contributed by atoms with Crippen LogP contribution in [0.15, 0.2) is 4.47 Å². The van der Waals surface area contributed by atoms with E-state index in [1.54, 1.807) is 0 Å². The largest absolute Gasteiger partial charge is 0.327 e. The Morgan fingerprint density at radius 2 is 2.22 bits per heavy atom. The van der Waals surface area contributed by atoms with Gasteiger partial charge in [0.2, 0.25) is 0 Å². The molecule has 0 aromatic carbocycles. The highest BCUT2D eigenvalue weighted by Crippen LogP contribution is 2.24. The van der Waals surface area contributed by atoms with Crippen LogP contribution in [0.5, 0.6) is 0 Å². The predicted octanol–water partition coefficient (Wildman–Crippen LogP) is 2.15. The number of piperidine rings is 1. The van der Waals surface area contributed by atoms with Gasteiger partial charge in [0.25, 0.3) is 0 Å². The summed E-state index contributed by atoms with van der Waals surface area (Å²) < 4.78 is 3.30. The number of halogens is 1. The molecule has 102 valence electrons. The van der Waals surface area contributed by atoms with E-state index in [-0.39, 0.29) is 0 Å². The minimum atomic E-state index is 0.334. The first-order valence-corrected chi connectivity index (χ1v) is 7.67. The summed E-state index contributed by atoms with van der Waals surface area (Å²) in [6, 6.07) is 0.334. The molecule has 0 spiro atoms. The lowest BCUT2D eigenvalue weighted by atomic mass is 10.1. The van der Waals surface area contributed by atoms with Gasteiger partial charge in [0.05, 0.1) is 15.9 Å². The van der Waals surface area contributed by atoms with Crippen LogP contribution in [-0.2, 0) is 19.5 Å². The van der Waals surface area contributed by atoms with E-state index in [1.807, 2.05) is 0 Å². The fourth-order valence-electron chi connectivity index (χ4n) is 2.62. The normalized spacial score (nSPS) is 21.4. The number of nitrogens with zero attached hydrogens (tertiary/aromatic N) is 3. The van der Waals surface area contributed by atoms with Crippen LogP contribution in [0.25, 0.3) is 0 Å². The number of rotatable bonds is 4. The molecule has 4 nitrogen and oxygen atoms in total.